The second kappa shape index (κ2) is 7.52. The van der Waals surface area contributed by atoms with Crippen LogP contribution < -0.4 is 10.3 Å². The maximum atomic E-state index is 11.9. The Morgan fingerprint density at radius 2 is 1.96 bits per heavy atom. The zero-order chi connectivity index (χ0) is 17.6. The first kappa shape index (κ1) is 16.6. The number of amides is 1. The van der Waals surface area contributed by atoms with Gasteiger partial charge in [-0.1, -0.05) is 6.07 Å². The summed E-state index contributed by atoms with van der Waals surface area (Å²) in [6.07, 6.45) is 6.50. The van der Waals surface area contributed by atoms with Gasteiger partial charge in [-0.3, -0.25) is 19.9 Å². The lowest BCUT2D eigenvalue weighted by molar-refractivity contribution is -0.384. The van der Waals surface area contributed by atoms with E-state index in [0.717, 1.165) is 25.9 Å². The van der Waals surface area contributed by atoms with Crippen LogP contribution in [0.15, 0.2) is 47.8 Å². The van der Waals surface area contributed by atoms with Crippen molar-refractivity contribution in [2.75, 3.05) is 18.0 Å². The Kier molecular flexibility index (Phi) is 4.98. The minimum atomic E-state index is -0.388. The molecule has 0 atom stereocenters. The number of hydrazone groups is 1. The lowest BCUT2D eigenvalue weighted by Gasteiger charge is -2.17. The van der Waals surface area contributed by atoms with Crippen molar-refractivity contribution in [1.82, 2.24) is 10.4 Å². The van der Waals surface area contributed by atoms with E-state index in [1.54, 1.807) is 24.3 Å². The molecule has 2 heterocycles. The maximum absolute atomic E-state index is 11.9. The fourth-order valence-electron chi connectivity index (χ4n) is 2.73. The fourth-order valence-corrected chi connectivity index (χ4v) is 2.73. The predicted octanol–water partition coefficient (Wildman–Crippen LogP) is 2.35. The van der Waals surface area contributed by atoms with Gasteiger partial charge in [-0.25, -0.2) is 5.43 Å². The van der Waals surface area contributed by atoms with E-state index >= 15 is 0 Å². The number of rotatable bonds is 5. The van der Waals surface area contributed by atoms with Gasteiger partial charge in [0.05, 0.1) is 11.1 Å². The molecule has 0 saturated carbocycles. The lowest BCUT2D eigenvalue weighted by atomic mass is 10.1. The van der Waals surface area contributed by atoms with Crippen LogP contribution in [0, 0.1) is 10.1 Å². The normalized spacial score (nSPS) is 14.0. The van der Waals surface area contributed by atoms with Gasteiger partial charge in [0.1, 0.15) is 5.69 Å². The number of carbonyl (C=O) groups excluding carboxylic acids is 1. The van der Waals surface area contributed by atoms with E-state index in [1.807, 2.05) is 4.90 Å². The van der Waals surface area contributed by atoms with Crippen LogP contribution in [0.3, 0.4) is 0 Å². The van der Waals surface area contributed by atoms with Gasteiger partial charge in [0.15, 0.2) is 0 Å². The molecule has 1 aliphatic rings. The Labute approximate surface area is 144 Å². The number of nitrogens with one attached hydrogen (secondary N) is 1. The summed E-state index contributed by atoms with van der Waals surface area (Å²) in [5.74, 6) is -0.373. The number of nitrogens with zero attached hydrogens (tertiary/aromatic N) is 4. The van der Waals surface area contributed by atoms with Crippen molar-refractivity contribution in [3.8, 4) is 0 Å². The molecule has 128 valence electrons. The average Bonchev–Trinajstić information content (AvgIpc) is 3.16. The molecule has 25 heavy (non-hydrogen) atoms. The molecule has 0 aliphatic carbocycles. The highest BCUT2D eigenvalue weighted by molar-refractivity contribution is 5.94. The van der Waals surface area contributed by atoms with Gasteiger partial charge in [0.2, 0.25) is 0 Å². The Morgan fingerprint density at radius 3 is 2.64 bits per heavy atom. The molecule has 8 nitrogen and oxygen atoms in total. The van der Waals surface area contributed by atoms with Crippen LogP contribution in [0.4, 0.5) is 11.4 Å². The molecular weight excluding hydrogens is 322 g/mol. The number of hydrogen-bond donors (Lipinski definition) is 1. The molecule has 1 N–H and O–H groups in total. The second-order valence-corrected chi connectivity index (χ2v) is 5.63. The van der Waals surface area contributed by atoms with Gasteiger partial charge in [-0.05, 0) is 31.0 Å². The number of aromatic nitrogens is 1. The Bertz CT molecular complexity index is 801. The monoisotopic (exact) mass is 339 g/mol. The van der Waals surface area contributed by atoms with Crippen LogP contribution in [-0.4, -0.2) is 35.1 Å². The third-order valence-electron chi connectivity index (χ3n) is 3.97. The van der Waals surface area contributed by atoms with Crippen molar-refractivity contribution < 1.29 is 9.72 Å². The highest BCUT2D eigenvalue weighted by Gasteiger charge is 2.22. The molecule has 1 amide bonds. The summed E-state index contributed by atoms with van der Waals surface area (Å²) in [4.78, 5) is 28.7. The number of anilines is 1. The smallest absolute Gasteiger partial charge is 0.293 e. The fraction of sp³-hybridized carbons (Fsp3) is 0.235. The predicted molar refractivity (Wildman–Crippen MR) is 93.8 cm³/mol. The van der Waals surface area contributed by atoms with Gasteiger partial charge in [-0.15, -0.1) is 0 Å². The molecule has 1 aliphatic heterocycles. The van der Waals surface area contributed by atoms with Crippen molar-refractivity contribution in [1.29, 1.82) is 0 Å². The van der Waals surface area contributed by atoms with E-state index in [0.29, 0.717) is 16.8 Å². The molecule has 1 aromatic carbocycles. The molecule has 8 heteroatoms. The van der Waals surface area contributed by atoms with Gasteiger partial charge < -0.3 is 4.90 Å². The minimum Gasteiger partial charge on any atom is -0.366 e. The number of carbonyl (C=O) groups is 1. The zero-order valence-corrected chi connectivity index (χ0v) is 13.5. The number of nitro benzene ring substituents is 1. The third-order valence-corrected chi connectivity index (χ3v) is 3.97. The summed E-state index contributed by atoms with van der Waals surface area (Å²) in [6, 6.07) is 8.09. The number of nitro groups is 1. The molecule has 0 unspecified atom stereocenters. The van der Waals surface area contributed by atoms with Crippen LogP contribution in [0.25, 0.3) is 0 Å². The molecule has 0 bridgehead atoms. The number of pyridine rings is 1. The highest BCUT2D eigenvalue weighted by atomic mass is 16.6. The standard InChI is InChI=1S/C17H17N5O3/c23-17(14-5-7-18-8-6-14)20-19-12-13-3-4-15(16(11-13)22(24)25)21-9-1-2-10-21/h3-8,11-12H,1-2,9-10H2,(H,20,23)/b19-12-. The van der Waals surface area contributed by atoms with E-state index in [4.69, 9.17) is 0 Å². The largest absolute Gasteiger partial charge is 0.366 e. The van der Waals surface area contributed by atoms with E-state index in [-0.39, 0.29) is 16.5 Å². The zero-order valence-electron chi connectivity index (χ0n) is 13.5. The van der Waals surface area contributed by atoms with Crippen molar-refractivity contribution in [2.24, 2.45) is 5.10 Å². The first-order valence-corrected chi connectivity index (χ1v) is 7.92. The summed E-state index contributed by atoms with van der Waals surface area (Å²) < 4.78 is 0. The summed E-state index contributed by atoms with van der Waals surface area (Å²) in [5.41, 5.74) is 4.04. The summed E-state index contributed by atoms with van der Waals surface area (Å²) in [5, 5.41) is 15.2. The average molecular weight is 339 g/mol. The summed E-state index contributed by atoms with van der Waals surface area (Å²) >= 11 is 0. The molecule has 2 aromatic rings. The lowest BCUT2D eigenvalue weighted by Crippen LogP contribution is -2.19. The topological polar surface area (TPSA) is 101 Å². The van der Waals surface area contributed by atoms with Gasteiger partial charge >= 0.3 is 0 Å². The van der Waals surface area contributed by atoms with Crippen LogP contribution in [0.2, 0.25) is 0 Å². The highest BCUT2D eigenvalue weighted by Crippen LogP contribution is 2.31. The van der Waals surface area contributed by atoms with E-state index in [9.17, 15) is 14.9 Å². The van der Waals surface area contributed by atoms with Gasteiger partial charge in [-0.2, -0.15) is 5.10 Å². The van der Waals surface area contributed by atoms with Crippen molar-refractivity contribution in [3.05, 3.63) is 64.0 Å². The summed E-state index contributed by atoms with van der Waals surface area (Å²) in [7, 11) is 0. The summed E-state index contributed by atoms with van der Waals surface area (Å²) in [6.45, 7) is 1.66. The number of benzene rings is 1. The van der Waals surface area contributed by atoms with Crippen LogP contribution >= 0.6 is 0 Å². The molecule has 1 fully saturated rings. The van der Waals surface area contributed by atoms with Gasteiger partial charge in [0, 0.05) is 42.7 Å². The Morgan fingerprint density at radius 1 is 1.24 bits per heavy atom. The van der Waals surface area contributed by atoms with E-state index < -0.39 is 0 Å². The van der Waals surface area contributed by atoms with Crippen LogP contribution in [0.1, 0.15) is 28.8 Å². The SMILES string of the molecule is O=C(N/N=C\c1ccc(N2CCCC2)c([N+](=O)[O-])c1)c1ccncc1. The first-order chi connectivity index (χ1) is 12.1. The Balaban J connectivity index is 1.73. The maximum Gasteiger partial charge on any atom is 0.293 e. The van der Waals surface area contributed by atoms with Crippen LogP contribution in [-0.2, 0) is 0 Å². The molecule has 0 radical (unpaired) electrons. The van der Waals surface area contributed by atoms with Crippen LogP contribution in [0.5, 0.6) is 0 Å². The Hall–Kier alpha value is -3.29. The third kappa shape index (κ3) is 3.97. The quantitative estimate of drug-likeness (QED) is 0.512. The van der Waals surface area contributed by atoms with Gasteiger partial charge in [0.25, 0.3) is 11.6 Å². The molecule has 1 aromatic heterocycles. The van der Waals surface area contributed by atoms with E-state index in [2.05, 4.69) is 15.5 Å². The molecular formula is C17H17N5O3. The molecule has 3 rings (SSSR count). The van der Waals surface area contributed by atoms with Crippen molar-refractivity contribution in [3.63, 3.8) is 0 Å². The second-order valence-electron chi connectivity index (χ2n) is 5.63. The number of hydrogen-bond acceptors (Lipinski definition) is 6. The molecule has 0 spiro atoms. The first-order valence-electron chi connectivity index (χ1n) is 7.92. The van der Waals surface area contributed by atoms with E-state index in [1.165, 1.54) is 24.7 Å². The molecule has 1 saturated heterocycles. The van der Waals surface area contributed by atoms with Crippen molar-refractivity contribution in [2.45, 2.75) is 12.8 Å². The van der Waals surface area contributed by atoms with Crippen molar-refractivity contribution >= 4 is 23.5 Å². The minimum absolute atomic E-state index is 0.0475.